The summed E-state index contributed by atoms with van der Waals surface area (Å²) in [6, 6.07) is 0.542. The zero-order chi connectivity index (χ0) is 8.67. The molecule has 1 aliphatic heterocycles. The molecule has 1 saturated carbocycles. The molecule has 14 heavy (non-hydrogen) atoms. The van der Waals surface area contributed by atoms with Crippen molar-refractivity contribution in [3.05, 3.63) is 11.9 Å². The van der Waals surface area contributed by atoms with Crippen molar-refractivity contribution in [1.29, 1.82) is 0 Å². The fourth-order valence-corrected chi connectivity index (χ4v) is 1.90. The van der Waals surface area contributed by atoms with Crippen molar-refractivity contribution in [2.24, 2.45) is 0 Å². The third-order valence-electron chi connectivity index (χ3n) is 2.93. The van der Waals surface area contributed by atoms with Crippen molar-refractivity contribution in [3.8, 4) is 0 Å². The minimum Gasteiger partial charge on any atom is -0.315 e. The Morgan fingerprint density at radius 1 is 1.36 bits per heavy atom. The number of nitrogens with zero attached hydrogens (tertiary/aromatic N) is 3. The van der Waals surface area contributed by atoms with Crippen molar-refractivity contribution < 1.29 is 0 Å². The Hall–Kier alpha value is -0.610. The predicted molar refractivity (Wildman–Crippen MR) is 55.8 cm³/mol. The zero-order valence-electron chi connectivity index (χ0n) is 8.02. The van der Waals surface area contributed by atoms with Crippen molar-refractivity contribution in [3.63, 3.8) is 0 Å². The molecule has 1 unspecified atom stereocenters. The molecule has 0 bridgehead atoms. The van der Waals surface area contributed by atoms with Gasteiger partial charge in [-0.2, -0.15) is 0 Å². The molecule has 78 valence electrons. The molecule has 2 aliphatic rings. The van der Waals surface area contributed by atoms with Crippen LogP contribution in [0.25, 0.3) is 0 Å². The van der Waals surface area contributed by atoms with E-state index in [9.17, 15) is 0 Å². The molecule has 1 N–H and O–H groups in total. The SMILES string of the molecule is Cl.c1c(C2CC2)nnn1C1CCNC1. The smallest absolute Gasteiger partial charge is 0.0858 e. The van der Waals surface area contributed by atoms with Gasteiger partial charge in [0, 0.05) is 18.7 Å². The summed E-state index contributed by atoms with van der Waals surface area (Å²) in [6.07, 6.45) is 5.94. The van der Waals surface area contributed by atoms with Gasteiger partial charge in [-0.3, -0.25) is 0 Å². The van der Waals surface area contributed by atoms with Crippen LogP contribution in [0.15, 0.2) is 6.20 Å². The summed E-state index contributed by atoms with van der Waals surface area (Å²) in [5.74, 6) is 0.725. The zero-order valence-corrected chi connectivity index (χ0v) is 8.83. The van der Waals surface area contributed by atoms with E-state index in [1.54, 1.807) is 0 Å². The molecule has 1 atom stereocenters. The maximum Gasteiger partial charge on any atom is 0.0858 e. The molecule has 1 aromatic rings. The molecule has 1 aliphatic carbocycles. The number of halogens is 1. The van der Waals surface area contributed by atoms with Gasteiger partial charge in [-0.1, -0.05) is 5.21 Å². The van der Waals surface area contributed by atoms with Crippen LogP contribution in [0.5, 0.6) is 0 Å². The Morgan fingerprint density at radius 2 is 2.21 bits per heavy atom. The predicted octanol–water partition coefficient (Wildman–Crippen LogP) is 1.11. The molecule has 4 nitrogen and oxygen atoms in total. The minimum absolute atomic E-state index is 0. The third kappa shape index (κ3) is 1.77. The first-order valence-corrected chi connectivity index (χ1v) is 5.06. The van der Waals surface area contributed by atoms with Crippen LogP contribution in [-0.2, 0) is 0 Å². The molecule has 0 amide bonds. The lowest BCUT2D eigenvalue weighted by Gasteiger charge is -2.05. The van der Waals surface area contributed by atoms with Crippen molar-refractivity contribution >= 4 is 12.4 Å². The van der Waals surface area contributed by atoms with Crippen LogP contribution in [0.3, 0.4) is 0 Å². The lowest BCUT2D eigenvalue weighted by Crippen LogP contribution is -2.13. The van der Waals surface area contributed by atoms with Crippen molar-refractivity contribution in [2.75, 3.05) is 13.1 Å². The highest BCUT2D eigenvalue weighted by molar-refractivity contribution is 5.85. The largest absolute Gasteiger partial charge is 0.315 e. The average Bonchev–Trinajstić information content (AvgIpc) is 2.72. The second-order valence-electron chi connectivity index (χ2n) is 4.04. The first kappa shape index (κ1) is 9.93. The lowest BCUT2D eigenvalue weighted by atomic mass is 10.2. The molecule has 1 aromatic heterocycles. The van der Waals surface area contributed by atoms with E-state index in [0.717, 1.165) is 19.0 Å². The Kier molecular flexibility index (Phi) is 2.74. The molecular formula is C9H15ClN4. The van der Waals surface area contributed by atoms with E-state index in [0.29, 0.717) is 6.04 Å². The van der Waals surface area contributed by atoms with Crippen molar-refractivity contribution in [1.82, 2.24) is 20.3 Å². The molecule has 0 spiro atoms. The highest BCUT2D eigenvalue weighted by Crippen LogP contribution is 2.38. The standard InChI is InChI=1S/C9H14N4.ClH/c1-2-7(1)9-6-13(12-11-9)8-3-4-10-5-8;/h6-8,10H,1-5H2;1H. The van der Waals surface area contributed by atoms with Crippen LogP contribution < -0.4 is 5.32 Å². The van der Waals surface area contributed by atoms with Gasteiger partial charge in [0.1, 0.15) is 0 Å². The molecule has 2 fully saturated rings. The Balaban J connectivity index is 0.000000750. The molecule has 5 heteroatoms. The number of hydrogen-bond acceptors (Lipinski definition) is 3. The molecule has 0 radical (unpaired) electrons. The third-order valence-corrected chi connectivity index (χ3v) is 2.93. The highest BCUT2D eigenvalue weighted by Gasteiger charge is 2.27. The van der Waals surface area contributed by atoms with Crippen LogP contribution in [0.4, 0.5) is 0 Å². The second kappa shape index (κ2) is 3.87. The van der Waals surface area contributed by atoms with Crippen LogP contribution in [0.2, 0.25) is 0 Å². The maximum absolute atomic E-state index is 4.21. The number of nitrogens with one attached hydrogen (secondary N) is 1. The summed E-state index contributed by atoms with van der Waals surface area (Å²) in [5.41, 5.74) is 1.20. The summed E-state index contributed by atoms with van der Waals surface area (Å²) in [5, 5.41) is 11.7. The van der Waals surface area contributed by atoms with E-state index in [4.69, 9.17) is 0 Å². The summed E-state index contributed by atoms with van der Waals surface area (Å²) < 4.78 is 2.04. The summed E-state index contributed by atoms with van der Waals surface area (Å²) in [7, 11) is 0. The lowest BCUT2D eigenvalue weighted by molar-refractivity contribution is 0.476. The topological polar surface area (TPSA) is 42.7 Å². The van der Waals surface area contributed by atoms with Gasteiger partial charge in [0.2, 0.25) is 0 Å². The van der Waals surface area contributed by atoms with Gasteiger partial charge in [0.05, 0.1) is 11.7 Å². The Morgan fingerprint density at radius 3 is 2.86 bits per heavy atom. The van der Waals surface area contributed by atoms with Gasteiger partial charge >= 0.3 is 0 Å². The van der Waals surface area contributed by atoms with Gasteiger partial charge in [-0.25, -0.2) is 4.68 Å². The van der Waals surface area contributed by atoms with Crippen molar-refractivity contribution in [2.45, 2.75) is 31.2 Å². The number of hydrogen-bond donors (Lipinski definition) is 1. The first-order chi connectivity index (χ1) is 6.43. The molecule has 1 saturated heterocycles. The van der Waals surface area contributed by atoms with Gasteiger partial charge in [-0.15, -0.1) is 17.5 Å². The first-order valence-electron chi connectivity index (χ1n) is 5.06. The molecule has 3 rings (SSSR count). The van der Waals surface area contributed by atoms with E-state index in [1.165, 1.54) is 25.0 Å². The number of aromatic nitrogens is 3. The molecule has 2 heterocycles. The van der Waals surface area contributed by atoms with E-state index < -0.39 is 0 Å². The Bertz CT molecular complexity index is 302. The van der Waals surface area contributed by atoms with Gasteiger partial charge in [0.15, 0.2) is 0 Å². The van der Waals surface area contributed by atoms with Crippen LogP contribution in [0.1, 0.15) is 36.9 Å². The monoisotopic (exact) mass is 214 g/mol. The normalized spacial score (nSPS) is 26.1. The Labute approximate surface area is 89.5 Å². The summed E-state index contributed by atoms with van der Waals surface area (Å²) in [4.78, 5) is 0. The van der Waals surface area contributed by atoms with Crippen LogP contribution in [-0.4, -0.2) is 28.1 Å². The van der Waals surface area contributed by atoms with Gasteiger partial charge in [-0.05, 0) is 25.8 Å². The summed E-state index contributed by atoms with van der Waals surface area (Å²) in [6.45, 7) is 2.16. The summed E-state index contributed by atoms with van der Waals surface area (Å²) >= 11 is 0. The number of rotatable bonds is 2. The van der Waals surface area contributed by atoms with Gasteiger partial charge in [0.25, 0.3) is 0 Å². The van der Waals surface area contributed by atoms with Gasteiger partial charge < -0.3 is 5.32 Å². The van der Waals surface area contributed by atoms with E-state index >= 15 is 0 Å². The minimum atomic E-state index is 0. The average molecular weight is 215 g/mol. The fourth-order valence-electron chi connectivity index (χ4n) is 1.90. The fraction of sp³-hybridized carbons (Fsp3) is 0.778. The maximum atomic E-state index is 4.21. The quantitative estimate of drug-likeness (QED) is 0.802. The van der Waals surface area contributed by atoms with E-state index in [-0.39, 0.29) is 12.4 Å². The highest BCUT2D eigenvalue weighted by atomic mass is 35.5. The second-order valence-corrected chi connectivity index (χ2v) is 4.04. The van der Waals surface area contributed by atoms with Crippen LogP contribution >= 0.6 is 12.4 Å². The van der Waals surface area contributed by atoms with E-state index in [2.05, 4.69) is 21.8 Å². The van der Waals surface area contributed by atoms with Crippen LogP contribution in [0, 0.1) is 0 Å². The van der Waals surface area contributed by atoms with E-state index in [1.807, 2.05) is 4.68 Å². The molecule has 0 aromatic carbocycles. The molecular weight excluding hydrogens is 200 g/mol.